The minimum atomic E-state index is 0.563. The molecule has 254 valence electrons. The molecule has 0 bridgehead atoms. The van der Waals surface area contributed by atoms with Crippen LogP contribution in [0.15, 0.2) is 195 Å². The molecule has 3 aromatic heterocycles. The SMILES string of the molecule is c1ccc(-c2cccc(-c3cccc(N(c4ccc5c(c4)oc4ccccc45)c4cccc5c4oc4cccc(-c6nc7ccccc7o6)c45)c3)c2)cc1. The number of aromatic nitrogens is 1. The highest BCUT2D eigenvalue weighted by molar-refractivity contribution is 6.16. The largest absolute Gasteiger partial charge is 0.456 e. The molecule has 3 heterocycles. The van der Waals surface area contributed by atoms with Crippen molar-refractivity contribution in [2.75, 3.05) is 4.90 Å². The number of para-hydroxylation sites is 4. The molecular formula is C49H30N2O3. The number of rotatable bonds is 6. The Morgan fingerprint density at radius 2 is 1.04 bits per heavy atom. The minimum Gasteiger partial charge on any atom is -0.456 e. The summed E-state index contributed by atoms with van der Waals surface area (Å²) in [5.41, 5.74) is 13.1. The molecule has 0 aliphatic rings. The normalized spacial score (nSPS) is 11.7. The summed E-state index contributed by atoms with van der Waals surface area (Å²) in [6.07, 6.45) is 0. The molecule has 0 spiro atoms. The molecule has 0 amide bonds. The van der Waals surface area contributed by atoms with Gasteiger partial charge >= 0.3 is 0 Å². The molecule has 0 radical (unpaired) electrons. The minimum absolute atomic E-state index is 0.563. The Balaban J connectivity index is 1.12. The number of hydrogen-bond acceptors (Lipinski definition) is 5. The van der Waals surface area contributed by atoms with Crippen molar-refractivity contribution in [2.45, 2.75) is 0 Å². The van der Waals surface area contributed by atoms with Crippen LogP contribution in [0.1, 0.15) is 0 Å². The monoisotopic (exact) mass is 694 g/mol. The van der Waals surface area contributed by atoms with Crippen molar-refractivity contribution in [1.82, 2.24) is 4.98 Å². The molecule has 0 fully saturated rings. The van der Waals surface area contributed by atoms with Gasteiger partial charge in [-0.05, 0) is 89.0 Å². The van der Waals surface area contributed by atoms with Crippen molar-refractivity contribution in [3.8, 4) is 33.7 Å². The van der Waals surface area contributed by atoms with Crippen molar-refractivity contribution >= 4 is 72.0 Å². The molecule has 11 aromatic rings. The van der Waals surface area contributed by atoms with E-state index in [2.05, 4.69) is 126 Å². The summed E-state index contributed by atoms with van der Waals surface area (Å²) in [6.45, 7) is 0. The molecule has 0 unspecified atom stereocenters. The van der Waals surface area contributed by atoms with E-state index in [1.165, 1.54) is 11.1 Å². The van der Waals surface area contributed by atoms with Crippen molar-refractivity contribution in [1.29, 1.82) is 0 Å². The zero-order chi connectivity index (χ0) is 35.6. The molecule has 0 aliphatic heterocycles. The molecule has 8 aromatic carbocycles. The van der Waals surface area contributed by atoms with Crippen LogP contribution in [-0.4, -0.2) is 4.98 Å². The fourth-order valence-corrected chi connectivity index (χ4v) is 7.79. The van der Waals surface area contributed by atoms with Gasteiger partial charge in [0.1, 0.15) is 22.3 Å². The van der Waals surface area contributed by atoms with Crippen molar-refractivity contribution in [3.63, 3.8) is 0 Å². The molecule has 0 N–H and O–H groups in total. The smallest absolute Gasteiger partial charge is 0.228 e. The first-order chi connectivity index (χ1) is 26.7. The van der Waals surface area contributed by atoms with Gasteiger partial charge in [-0.1, -0.05) is 109 Å². The quantitative estimate of drug-likeness (QED) is 0.173. The van der Waals surface area contributed by atoms with Crippen molar-refractivity contribution < 1.29 is 13.3 Å². The predicted molar refractivity (Wildman–Crippen MR) is 220 cm³/mol. The molecule has 54 heavy (non-hydrogen) atoms. The first-order valence-electron chi connectivity index (χ1n) is 18.0. The van der Waals surface area contributed by atoms with Gasteiger partial charge in [0.15, 0.2) is 11.2 Å². The van der Waals surface area contributed by atoms with Crippen LogP contribution in [-0.2, 0) is 0 Å². The number of anilines is 3. The molecule has 0 saturated carbocycles. The Labute approximate surface area is 309 Å². The Morgan fingerprint density at radius 1 is 0.389 bits per heavy atom. The van der Waals surface area contributed by atoms with E-state index < -0.39 is 0 Å². The third-order valence-electron chi connectivity index (χ3n) is 10.3. The van der Waals surface area contributed by atoms with Crippen LogP contribution in [0.3, 0.4) is 0 Å². The van der Waals surface area contributed by atoms with Crippen LogP contribution in [0, 0.1) is 0 Å². The number of benzene rings is 8. The second-order valence-electron chi connectivity index (χ2n) is 13.5. The third-order valence-corrected chi connectivity index (χ3v) is 10.3. The number of oxazole rings is 1. The molecule has 11 rings (SSSR count). The molecule has 0 aliphatic carbocycles. The van der Waals surface area contributed by atoms with Gasteiger partial charge in [-0.25, -0.2) is 4.98 Å². The van der Waals surface area contributed by atoms with Crippen LogP contribution in [0.2, 0.25) is 0 Å². The van der Waals surface area contributed by atoms with E-state index in [9.17, 15) is 0 Å². The van der Waals surface area contributed by atoms with Gasteiger partial charge < -0.3 is 18.2 Å². The van der Waals surface area contributed by atoms with Crippen LogP contribution >= 0.6 is 0 Å². The predicted octanol–water partition coefficient (Wildman–Crippen LogP) is 14.1. The summed E-state index contributed by atoms with van der Waals surface area (Å²) >= 11 is 0. The summed E-state index contributed by atoms with van der Waals surface area (Å²) in [7, 11) is 0. The third kappa shape index (κ3) is 4.90. The van der Waals surface area contributed by atoms with E-state index in [1.807, 2.05) is 60.7 Å². The van der Waals surface area contributed by atoms with Gasteiger partial charge in [-0.2, -0.15) is 0 Å². The highest BCUT2D eigenvalue weighted by Crippen LogP contribution is 2.46. The van der Waals surface area contributed by atoms with Gasteiger partial charge in [-0.3, -0.25) is 0 Å². The Hall–Kier alpha value is -7.37. The van der Waals surface area contributed by atoms with Gasteiger partial charge in [-0.15, -0.1) is 0 Å². The van der Waals surface area contributed by atoms with E-state index in [-0.39, 0.29) is 0 Å². The number of nitrogens with zero attached hydrogens (tertiary/aromatic N) is 2. The van der Waals surface area contributed by atoms with Crippen LogP contribution in [0.4, 0.5) is 17.1 Å². The Kier molecular flexibility index (Phi) is 6.79. The van der Waals surface area contributed by atoms with Crippen molar-refractivity contribution in [2.24, 2.45) is 0 Å². The second-order valence-corrected chi connectivity index (χ2v) is 13.5. The fraction of sp³-hybridized carbons (Fsp3) is 0. The second kappa shape index (κ2) is 12.1. The summed E-state index contributed by atoms with van der Waals surface area (Å²) in [5, 5.41) is 4.10. The topological polar surface area (TPSA) is 55.6 Å². The maximum absolute atomic E-state index is 6.82. The van der Waals surface area contributed by atoms with Crippen LogP contribution in [0.5, 0.6) is 0 Å². The number of hydrogen-bond donors (Lipinski definition) is 0. The van der Waals surface area contributed by atoms with E-state index in [0.29, 0.717) is 5.89 Å². The first-order valence-corrected chi connectivity index (χ1v) is 18.0. The van der Waals surface area contributed by atoms with Gasteiger partial charge in [0.2, 0.25) is 5.89 Å². The first kappa shape index (κ1) is 30.3. The lowest BCUT2D eigenvalue weighted by Crippen LogP contribution is -2.10. The molecule has 5 nitrogen and oxygen atoms in total. The van der Waals surface area contributed by atoms with E-state index in [0.717, 1.165) is 88.7 Å². The summed E-state index contributed by atoms with van der Waals surface area (Å²) in [5.74, 6) is 0.563. The highest BCUT2D eigenvalue weighted by atomic mass is 16.4. The lowest BCUT2D eigenvalue weighted by molar-refractivity contribution is 0.620. The van der Waals surface area contributed by atoms with E-state index in [1.54, 1.807) is 0 Å². The number of fused-ring (bicyclic) bond motifs is 7. The highest BCUT2D eigenvalue weighted by Gasteiger charge is 2.23. The molecule has 5 heteroatoms. The molecular weight excluding hydrogens is 665 g/mol. The van der Waals surface area contributed by atoms with Crippen molar-refractivity contribution in [3.05, 3.63) is 182 Å². The van der Waals surface area contributed by atoms with Gasteiger partial charge in [0.05, 0.1) is 11.4 Å². The van der Waals surface area contributed by atoms with Gasteiger partial charge in [0, 0.05) is 38.9 Å². The number of furan rings is 2. The molecule has 0 saturated heterocycles. The average molecular weight is 695 g/mol. The lowest BCUT2D eigenvalue weighted by Gasteiger charge is -2.26. The Morgan fingerprint density at radius 3 is 1.93 bits per heavy atom. The molecule has 0 atom stereocenters. The average Bonchev–Trinajstić information content (AvgIpc) is 3.95. The maximum atomic E-state index is 6.82. The lowest BCUT2D eigenvalue weighted by atomic mass is 9.98. The maximum Gasteiger partial charge on any atom is 0.228 e. The standard InChI is InChI=1S/C49H30N2O3/c1-2-12-31(13-3-1)32-14-8-15-33(28-32)34-16-9-17-35(29-34)51(36-26-27-38-37-18-4-6-23-43(37)52-46(38)30-36)42-22-10-19-39-47-40(20-11-25-45(47)53-48(39)42)49-50-41-21-5-7-24-44(41)54-49/h1-30H. The zero-order valence-corrected chi connectivity index (χ0v) is 28.9. The zero-order valence-electron chi connectivity index (χ0n) is 28.9. The van der Waals surface area contributed by atoms with Crippen LogP contribution in [0.25, 0.3) is 88.7 Å². The summed E-state index contributed by atoms with van der Waals surface area (Å²) in [6, 6.07) is 62.8. The fourth-order valence-electron chi connectivity index (χ4n) is 7.79. The van der Waals surface area contributed by atoms with Gasteiger partial charge in [0.25, 0.3) is 0 Å². The summed E-state index contributed by atoms with van der Waals surface area (Å²) in [4.78, 5) is 7.12. The Bertz CT molecular complexity index is 3150. The van der Waals surface area contributed by atoms with E-state index in [4.69, 9.17) is 18.2 Å². The summed E-state index contributed by atoms with van der Waals surface area (Å²) < 4.78 is 19.5. The van der Waals surface area contributed by atoms with E-state index >= 15 is 0 Å². The van der Waals surface area contributed by atoms with Crippen LogP contribution < -0.4 is 4.90 Å².